The Hall–Kier alpha value is -1.30. The fourth-order valence-corrected chi connectivity index (χ4v) is 3.66. The molecule has 0 amide bonds. The van der Waals surface area contributed by atoms with Gasteiger partial charge < -0.3 is 0 Å². The van der Waals surface area contributed by atoms with Crippen molar-refractivity contribution < 1.29 is 0 Å². The lowest BCUT2D eigenvalue weighted by Gasteiger charge is -2.19. The molecule has 1 unspecified atom stereocenters. The molecule has 0 aromatic heterocycles. The van der Waals surface area contributed by atoms with Crippen molar-refractivity contribution in [3.05, 3.63) is 55.0 Å². The number of benzene rings is 2. The molecule has 0 heterocycles. The molecule has 0 heteroatoms. The van der Waals surface area contributed by atoms with E-state index in [-0.39, 0.29) is 0 Å². The van der Waals surface area contributed by atoms with E-state index < -0.39 is 0 Å². The van der Waals surface area contributed by atoms with Gasteiger partial charge in [0.15, 0.2) is 0 Å². The zero-order chi connectivity index (χ0) is 16.3. The first kappa shape index (κ1) is 18.0. The quantitative estimate of drug-likeness (QED) is 0.373. The highest BCUT2D eigenvalue weighted by Gasteiger charge is 2.13. The zero-order valence-corrected chi connectivity index (χ0v) is 14.9. The van der Waals surface area contributed by atoms with Gasteiger partial charge in [0.25, 0.3) is 0 Å². The summed E-state index contributed by atoms with van der Waals surface area (Å²) in [4.78, 5) is 0. The number of hydrogen-bond acceptors (Lipinski definition) is 0. The molecule has 23 heavy (non-hydrogen) atoms. The fourth-order valence-electron chi connectivity index (χ4n) is 3.66. The average Bonchev–Trinajstić information content (AvgIpc) is 2.59. The maximum atomic E-state index is 4.11. The highest BCUT2D eigenvalue weighted by atomic mass is 14.2. The molecular formula is C23H33. The number of fused-ring (bicyclic) bond motifs is 1. The molecule has 125 valence electrons. The van der Waals surface area contributed by atoms with E-state index in [2.05, 4.69) is 56.3 Å². The van der Waals surface area contributed by atoms with Crippen LogP contribution in [0.5, 0.6) is 0 Å². The van der Waals surface area contributed by atoms with Gasteiger partial charge in [0.2, 0.25) is 0 Å². The predicted octanol–water partition coefficient (Wildman–Crippen LogP) is 7.68. The number of unbranched alkanes of at least 4 members (excludes halogenated alkanes) is 6. The lowest BCUT2D eigenvalue weighted by atomic mass is 9.86. The molecule has 2 rings (SSSR count). The van der Waals surface area contributed by atoms with Crippen molar-refractivity contribution in [2.45, 2.75) is 77.0 Å². The molecule has 1 radical (unpaired) electrons. The second-order valence-corrected chi connectivity index (χ2v) is 6.82. The second kappa shape index (κ2) is 10.5. The van der Waals surface area contributed by atoms with Gasteiger partial charge in [-0.15, -0.1) is 0 Å². The van der Waals surface area contributed by atoms with Crippen LogP contribution in [-0.2, 0) is 0 Å². The molecule has 0 nitrogen and oxygen atoms in total. The lowest BCUT2D eigenvalue weighted by Crippen LogP contribution is -2.00. The molecule has 0 fully saturated rings. The molecule has 0 saturated heterocycles. The summed E-state index contributed by atoms with van der Waals surface area (Å²) in [6.45, 7) is 6.39. The molecule has 0 saturated carbocycles. The first-order valence-corrected chi connectivity index (χ1v) is 9.63. The minimum absolute atomic E-state index is 0.675. The summed E-state index contributed by atoms with van der Waals surface area (Å²) in [6, 6.07) is 15.6. The van der Waals surface area contributed by atoms with Crippen molar-refractivity contribution in [3.63, 3.8) is 0 Å². The molecule has 0 N–H and O–H groups in total. The third-order valence-electron chi connectivity index (χ3n) is 4.97. The van der Waals surface area contributed by atoms with Gasteiger partial charge in [0.05, 0.1) is 0 Å². The normalized spacial score (nSPS) is 12.6. The van der Waals surface area contributed by atoms with E-state index in [9.17, 15) is 0 Å². The predicted molar refractivity (Wildman–Crippen MR) is 104 cm³/mol. The van der Waals surface area contributed by atoms with Gasteiger partial charge in [0, 0.05) is 0 Å². The summed E-state index contributed by atoms with van der Waals surface area (Å²) in [6.07, 6.45) is 13.3. The Balaban J connectivity index is 1.92. The lowest BCUT2D eigenvalue weighted by molar-refractivity contribution is 0.517. The molecule has 2 aromatic rings. The van der Waals surface area contributed by atoms with E-state index in [0.717, 1.165) is 6.42 Å². The van der Waals surface area contributed by atoms with E-state index in [1.165, 1.54) is 74.1 Å². The molecule has 0 aliphatic carbocycles. The molecule has 0 aliphatic rings. The van der Waals surface area contributed by atoms with Gasteiger partial charge in [-0.05, 0) is 35.1 Å². The molecule has 0 bridgehead atoms. The van der Waals surface area contributed by atoms with Gasteiger partial charge in [-0.1, -0.05) is 108 Å². The first-order valence-electron chi connectivity index (χ1n) is 9.63. The van der Waals surface area contributed by atoms with Crippen LogP contribution in [0.3, 0.4) is 0 Å². The Labute approximate surface area is 143 Å². The SMILES string of the molecule is [CH2]CCC(CCCCCCCCC)c1cccc2ccccc12. The van der Waals surface area contributed by atoms with Crippen LogP contribution in [0.2, 0.25) is 0 Å². The van der Waals surface area contributed by atoms with Crippen LogP contribution in [0.15, 0.2) is 42.5 Å². The minimum atomic E-state index is 0.675. The zero-order valence-electron chi connectivity index (χ0n) is 14.9. The smallest absolute Gasteiger partial charge is 0.0149 e. The van der Waals surface area contributed by atoms with E-state index in [1.807, 2.05) is 0 Å². The highest BCUT2D eigenvalue weighted by Crippen LogP contribution is 2.32. The third-order valence-corrected chi connectivity index (χ3v) is 4.97. The van der Waals surface area contributed by atoms with Gasteiger partial charge in [-0.3, -0.25) is 0 Å². The molecule has 2 aromatic carbocycles. The van der Waals surface area contributed by atoms with E-state index in [1.54, 1.807) is 0 Å². The monoisotopic (exact) mass is 309 g/mol. The summed E-state index contributed by atoms with van der Waals surface area (Å²) >= 11 is 0. The van der Waals surface area contributed by atoms with Crippen molar-refractivity contribution in [3.8, 4) is 0 Å². The van der Waals surface area contributed by atoms with Gasteiger partial charge >= 0.3 is 0 Å². The van der Waals surface area contributed by atoms with Crippen LogP contribution in [0, 0.1) is 6.92 Å². The second-order valence-electron chi connectivity index (χ2n) is 6.82. The fraction of sp³-hybridized carbons (Fsp3) is 0.522. The van der Waals surface area contributed by atoms with Crippen molar-refractivity contribution in [1.82, 2.24) is 0 Å². The topological polar surface area (TPSA) is 0 Å². The summed E-state index contributed by atoms with van der Waals surface area (Å²) in [5.41, 5.74) is 1.54. The molecular weight excluding hydrogens is 276 g/mol. The van der Waals surface area contributed by atoms with Crippen LogP contribution in [-0.4, -0.2) is 0 Å². The Morgan fingerprint density at radius 3 is 2.26 bits per heavy atom. The Kier molecular flexibility index (Phi) is 8.21. The average molecular weight is 310 g/mol. The van der Waals surface area contributed by atoms with Crippen molar-refractivity contribution in [1.29, 1.82) is 0 Å². The van der Waals surface area contributed by atoms with E-state index in [0.29, 0.717) is 5.92 Å². The van der Waals surface area contributed by atoms with Crippen LogP contribution in [0.4, 0.5) is 0 Å². The number of hydrogen-bond donors (Lipinski definition) is 0. The van der Waals surface area contributed by atoms with Crippen molar-refractivity contribution >= 4 is 10.8 Å². The van der Waals surface area contributed by atoms with Crippen molar-refractivity contribution in [2.24, 2.45) is 0 Å². The molecule has 1 atom stereocenters. The van der Waals surface area contributed by atoms with E-state index >= 15 is 0 Å². The summed E-state index contributed by atoms with van der Waals surface area (Å²) in [7, 11) is 0. The Morgan fingerprint density at radius 1 is 0.783 bits per heavy atom. The van der Waals surface area contributed by atoms with E-state index in [4.69, 9.17) is 0 Å². The Morgan fingerprint density at radius 2 is 1.48 bits per heavy atom. The van der Waals surface area contributed by atoms with Crippen LogP contribution in [0.25, 0.3) is 10.8 Å². The summed E-state index contributed by atoms with van der Waals surface area (Å²) < 4.78 is 0. The molecule has 0 spiro atoms. The highest BCUT2D eigenvalue weighted by molar-refractivity contribution is 5.86. The number of rotatable bonds is 11. The maximum absolute atomic E-state index is 4.11. The summed E-state index contributed by atoms with van der Waals surface area (Å²) in [5.74, 6) is 0.675. The third kappa shape index (κ3) is 5.68. The van der Waals surface area contributed by atoms with Crippen LogP contribution in [0.1, 0.15) is 82.6 Å². The van der Waals surface area contributed by atoms with Gasteiger partial charge in [-0.25, -0.2) is 0 Å². The minimum Gasteiger partial charge on any atom is -0.0654 e. The molecule has 0 aliphatic heterocycles. The first-order chi connectivity index (χ1) is 11.4. The standard InChI is InChI=1S/C23H33/c1-3-5-6-7-8-9-10-15-20(14-4-2)23-19-13-17-21-16-11-12-18-22(21)23/h11-13,16-20H,2-10,14-15H2,1H3. The Bertz CT molecular complexity index is 549. The van der Waals surface area contributed by atoms with Crippen LogP contribution < -0.4 is 0 Å². The summed E-state index contributed by atoms with van der Waals surface area (Å²) in [5, 5.41) is 2.81. The largest absolute Gasteiger partial charge is 0.0654 e. The van der Waals surface area contributed by atoms with Gasteiger partial charge in [0.1, 0.15) is 0 Å². The van der Waals surface area contributed by atoms with Crippen LogP contribution >= 0.6 is 0 Å². The van der Waals surface area contributed by atoms with Gasteiger partial charge in [-0.2, -0.15) is 0 Å². The maximum Gasteiger partial charge on any atom is -0.0149 e. The van der Waals surface area contributed by atoms with Crippen molar-refractivity contribution in [2.75, 3.05) is 0 Å².